The van der Waals surface area contributed by atoms with Crippen LogP contribution in [0, 0.1) is 0 Å². The molecule has 0 spiro atoms. The largest absolute Gasteiger partial charge is 0.277 e. The van der Waals surface area contributed by atoms with Gasteiger partial charge in [-0.25, -0.2) is 9.97 Å². The number of imidazole rings is 1. The van der Waals surface area contributed by atoms with E-state index in [9.17, 15) is 0 Å². The molecule has 3 heteroatoms. The number of para-hydroxylation sites is 1. The van der Waals surface area contributed by atoms with Gasteiger partial charge < -0.3 is 0 Å². The smallest absolute Gasteiger partial charge is 0.165 e. The summed E-state index contributed by atoms with van der Waals surface area (Å²) >= 11 is 0. The molecule has 3 nitrogen and oxygen atoms in total. The third kappa shape index (κ3) is 3.75. The highest BCUT2D eigenvalue weighted by Gasteiger charge is 2.24. The van der Waals surface area contributed by atoms with Crippen LogP contribution >= 0.6 is 0 Å². The zero-order valence-corrected chi connectivity index (χ0v) is 23.5. The van der Waals surface area contributed by atoms with Crippen LogP contribution in [-0.4, -0.2) is 14.5 Å². The van der Waals surface area contributed by atoms with Crippen molar-refractivity contribution in [3.05, 3.63) is 162 Å². The molecule has 0 aliphatic heterocycles. The second kappa shape index (κ2) is 9.50. The van der Waals surface area contributed by atoms with Crippen LogP contribution in [0.4, 0.5) is 0 Å². The van der Waals surface area contributed by atoms with Gasteiger partial charge >= 0.3 is 0 Å². The first-order valence-corrected chi connectivity index (χ1v) is 14.9. The molecular formula is C40H27N3. The molecule has 0 fully saturated rings. The lowest BCUT2D eigenvalue weighted by Gasteiger charge is -2.26. The number of aromatic nitrogens is 3. The van der Waals surface area contributed by atoms with E-state index in [2.05, 4.69) is 126 Å². The lowest BCUT2D eigenvalue weighted by atomic mass is 9.77. The fraction of sp³-hybridized carbons (Fsp3) is 0.0500. The molecule has 2 aliphatic carbocycles. The van der Waals surface area contributed by atoms with E-state index < -0.39 is 0 Å². The second-order valence-corrected chi connectivity index (χ2v) is 11.3. The number of nitrogens with zero attached hydrogens (tertiary/aromatic N) is 3. The Hall–Kier alpha value is -5.54. The van der Waals surface area contributed by atoms with Crippen LogP contribution in [0.25, 0.3) is 61.3 Å². The van der Waals surface area contributed by atoms with Crippen LogP contribution in [0.5, 0.6) is 0 Å². The zero-order valence-electron chi connectivity index (χ0n) is 23.5. The van der Waals surface area contributed by atoms with Crippen molar-refractivity contribution in [2.45, 2.75) is 12.8 Å². The van der Waals surface area contributed by atoms with Crippen LogP contribution in [0.1, 0.15) is 28.7 Å². The predicted molar refractivity (Wildman–Crippen MR) is 177 cm³/mol. The van der Waals surface area contributed by atoms with E-state index in [1.54, 1.807) is 0 Å². The highest BCUT2D eigenvalue weighted by Crippen LogP contribution is 2.45. The molecule has 2 aliphatic rings. The molecule has 0 amide bonds. The number of rotatable bonds is 4. The first-order chi connectivity index (χ1) is 21.3. The van der Waals surface area contributed by atoms with Crippen molar-refractivity contribution in [3.8, 4) is 28.2 Å². The molecule has 0 saturated heterocycles. The lowest BCUT2D eigenvalue weighted by molar-refractivity contribution is 1.08. The Kier molecular flexibility index (Phi) is 5.32. The predicted octanol–water partition coefficient (Wildman–Crippen LogP) is 9.68. The molecule has 0 N–H and O–H groups in total. The molecule has 202 valence electrons. The molecule has 9 rings (SSSR count). The van der Waals surface area contributed by atoms with E-state index in [0.29, 0.717) is 0 Å². The maximum atomic E-state index is 5.25. The first kappa shape index (κ1) is 24.1. The van der Waals surface area contributed by atoms with E-state index in [1.807, 2.05) is 18.3 Å². The van der Waals surface area contributed by atoms with Crippen molar-refractivity contribution in [2.75, 3.05) is 0 Å². The van der Waals surface area contributed by atoms with Crippen molar-refractivity contribution in [1.82, 2.24) is 14.5 Å². The van der Waals surface area contributed by atoms with Gasteiger partial charge in [-0.2, -0.15) is 0 Å². The normalized spacial score (nSPS) is 13.7. The average Bonchev–Trinajstić information content (AvgIpc) is 3.48. The van der Waals surface area contributed by atoms with E-state index in [4.69, 9.17) is 9.97 Å². The summed E-state index contributed by atoms with van der Waals surface area (Å²) in [5.41, 5.74) is 14.2. The van der Waals surface area contributed by atoms with Gasteiger partial charge in [-0.15, -0.1) is 0 Å². The van der Waals surface area contributed by atoms with Gasteiger partial charge in [0.05, 0.1) is 0 Å². The highest BCUT2D eigenvalue weighted by atomic mass is 15.1. The Morgan fingerprint density at radius 1 is 0.581 bits per heavy atom. The number of pyridine rings is 1. The maximum Gasteiger partial charge on any atom is 0.165 e. The molecule has 43 heavy (non-hydrogen) atoms. The quantitative estimate of drug-likeness (QED) is 0.219. The van der Waals surface area contributed by atoms with Crippen LogP contribution < -0.4 is 0 Å². The van der Waals surface area contributed by atoms with E-state index >= 15 is 0 Å². The average molecular weight is 550 g/mol. The monoisotopic (exact) mass is 549 g/mol. The Morgan fingerprint density at radius 3 is 2.21 bits per heavy atom. The summed E-state index contributed by atoms with van der Waals surface area (Å²) in [6, 6.07) is 43.1. The summed E-state index contributed by atoms with van der Waals surface area (Å²) in [5, 5.41) is 2.76. The van der Waals surface area contributed by atoms with Gasteiger partial charge in [0.1, 0.15) is 11.3 Å². The molecule has 0 unspecified atom stereocenters. The molecule has 0 atom stereocenters. The molecule has 5 aromatic carbocycles. The SMILES string of the molecule is C1=C(c2ccc(-c3nc4c(-c5ccccc5)ccnc4n3-c3ccccc3)cc2)c2ccc3cccc4c3c2C(=CC4)C1. The lowest BCUT2D eigenvalue weighted by Crippen LogP contribution is -2.06. The van der Waals surface area contributed by atoms with Crippen molar-refractivity contribution in [3.63, 3.8) is 0 Å². The highest BCUT2D eigenvalue weighted by molar-refractivity contribution is 6.06. The number of benzene rings is 5. The van der Waals surface area contributed by atoms with Gasteiger partial charge in [0.15, 0.2) is 5.65 Å². The van der Waals surface area contributed by atoms with E-state index in [1.165, 1.54) is 44.2 Å². The summed E-state index contributed by atoms with van der Waals surface area (Å²) in [6.07, 6.45) is 8.69. The second-order valence-electron chi connectivity index (χ2n) is 11.3. The van der Waals surface area contributed by atoms with Crippen molar-refractivity contribution < 1.29 is 0 Å². The Bertz CT molecular complexity index is 2250. The minimum Gasteiger partial charge on any atom is -0.277 e. The molecule has 0 radical (unpaired) electrons. The van der Waals surface area contributed by atoms with E-state index in [0.717, 1.165) is 52.2 Å². The van der Waals surface area contributed by atoms with Crippen LogP contribution in [-0.2, 0) is 6.42 Å². The van der Waals surface area contributed by atoms with Gasteiger partial charge in [-0.05, 0) is 80.8 Å². The van der Waals surface area contributed by atoms with Gasteiger partial charge in [-0.3, -0.25) is 4.57 Å². The number of hydrogen-bond donors (Lipinski definition) is 0. The summed E-state index contributed by atoms with van der Waals surface area (Å²) < 4.78 is 2.18. The molecular weight excluding hydrogens is 522 g/mol. The van der Waals surface area contributed by atoms with Crippen molar-refractivity contribution >= 4 is 33.1 Å². The van der Waals surface area contributed by atoms with Gasteiger partial charge in [0.25, 0.3) is 0 Å². The molecule has 2 heterocycles. The van der Waals surface area contributed by atoms with Crippen LogP contribution in [0.15, 0.2) is 140 Å². The van der Waals surface area contributed by atoms with Crippen LogP contribution in [0.2, 0.25) is 0 Å². The molecule has 2 aromatic heterocycles. The minimum absolute atomic E-state index is 0.854. The van der Waals surface area contributed by atoms with Gasteiger partial charge in [0.2, 0.25) is 0 Å². The standard InChI is InChI=1S/C40H27N3/c1-3-8-26(9-4-1)34-24-25-41-40-38(34)42-39(43(40)32-12-5-2-6-13-32)31-18-14-27(15-19-31)33-22-20-30-17-16-28-10-7-11-29-21-23-35(33)37(30)36(28)29/h1-15,17-19,21-25H,16,20H2. The molecule has 7 aromatic rings. The number of hydrogen-bond acceptors (Lipinski definition) is 2. The fourth-order valence-electron chi connectivity index (χ4n) is 6.94. The Balaban J connectivity index is 1.19. The van der Waals surface area contributed by atoms with Gasteiger partial charge in [-0.1, -0.05) is 115 Å². The molecule has 0 bridgehead atoms. The van der Waals surface area contributed by atoms with Crippen LogP contribution in [0.3, 0.4) is 0 Å². The zero-order chi connectivity index (χ0) is 28.3. The number of fused-ring (bicyclic) bond motifs is 1. The number of allylic oxidation sites excluding steroid dienone is 3. The van der Waals surface area contributed by atoms with Gasteiger partial charge in [0, 0.05) is 23.0 Å². The third-order valence-electron chi connectivity index (χ3n) is 8.94. The summed E-state index contributed by atoms with van der Waals surface area (Å²) in [5.74, 6) is 0.886. The van der Waals surface area contributed by atoms with Crippen molar-refractivity contribution in [1.29, 1.82) is 0 Å². The summed E-state index contributed by atoms with van der Waals surface area (Å²) in [6.45, 7) is 0. The Morgan fingerprint density at radius 2 is 1.37 bits per heavy atom. The van der Waals surface area contributed by atoms with Crippen molar-refractivity contribution in [2.24, 2.45) is 0 Å². The maximum absolute atomic E-state index is 5.25. The fourth-order valence-corrected chi connectivity index (χ4v) is 6.94. The third-order valence-corrected chi connectivity index (χ3v) is 8.94. The first-order valence-electron chi connectivity index (χ1n) is 14.9. The Labute approximate surface area is 250 Å². The summed E-state index contributed by atoms with van der Waals surface area (Å²) in [4.78, 5) is 10.1. The molecule has 0 saturated carbocycles. The summed E-state index contributed by atoms with van der Waals surface area (Å²) in [7, 11) is 0. The topological polar surface area (TPSA) is 30.7 Å². The van der Waals surface area contributed by atoms with E-state index in [-0.39, 0.29) is 0 Å². The minimum atomic E-state index is 0.854.